The van der Waals surface area contributed by atoms with Crippen LogP contribution in [0.15, 0.2) is 24.3 Å². The number of aromatic nitrogens is 1. The number of hydrogen-bond acceptors (Lipinski definition) is 4. The van der Waals surface area contributed by atoms with Crippen LogP contribution in [0.5, 0.6) is 0 Å². The Kier molecular flexibility index (Phi) is 5.72. The maximum Gasteiger partial charge on any atom is 0.111 e. The van der Waals surface area contributed by atoms with Crippen LogP contribution in [-0.4, -0.2) is 23.3 Å². The zero-order valence-electron chi connectivity index (χ0n) is 23.0. The van der Waals surface area contributed by atoms with E-state index in [1.807, 2.05) is 0 Å². The van der Waals surface area contributed by atoms with Gasteiger partial charge in [-0.1, -0.05) is 72.2 Å². The van der Waals surface area contributed by atoms with Gasteiger partial charge >= 0.3 is 0 Å². The van der Waals surface area contributed by atoms with Crippen LogP contribution in [0.4, 0.5) is 0 Å². The third kappa shape index (κ3) is 3.62. The molecule has 1 aromatic carbocycles. The predicted octanol–water partition coefficient (Wildman–Crippen LogP) is 7.02. The highest BCUT2D eigenvalue weighted by molar-refractivity contribution is 5.55. The Morgan fingerprint density at radius 2 is 1.78 bits per heavy atom. The number of pyridine rings is 1. The first-order valence-electron chi connectivity index (χ1n) is 14.2. The van der Waals surface area contributed by atoms with E-state index in [4.69, 9.17) is 14.5 Å². The van der Waals surface area contributed by atoms with Gasteiger partial charge in [-0.25, -0.2) is 0 Å². The third-order valence-electron chi connectivity index (χ3n) is 9.72. The van der Waals surface area contributed by atoms with Gasteiger partial charge in [0.2, 0.25) is 0 Å². The standard InChI is InChI=1S/C32H43NO3/c1-19(2)28-26-27(25-23(33-28)16-31(12-7-13-31)17-24(25)34)32(14-15-35-18-20(32)3)36-29(26)21-8-10-22(11-9-21)30(4,5)6/h8-11,19-20,24,29,34H,7,12-18H2,1-6H3. The lowest BCUT2D eigenvalue weighted by molar-refractivity contribution is -0.157. The van der Waals surface area contributed by atoms with Gasteiger partial charge in [-0.3, -0.25) is 4.98 Å². The highest BCUT2D eigenvalue weighted by atomic mass is 16.5. The van der Waals surface area contributed by atoms with E-state index in [9.17, 15) is 5.11 Å². The monoisotopic (exact) mass is 489 g/mol. The summed E-state index contributed by atoms with van der Waals surface area (Å²) < 4.78 is 13.2. The molecule has 3 heterocycles. The fourth-order valence-corrected chi connectivity index (χ4v) is 7.47. The van der Waals surface area contributed by atoms with E-state index in [0.29, 0.717) is 13.2 Å². The molecule has 2 aliphatic carbocycles. The molecular weight excluding hydrogens is 446 g/mol. The van der Waals surface area contributed by atoms with Crippen molar-refractivity contribution in [2.45, 2.75) is 109 Å². The number of rotatable bonds is 2. The van der Waals surface area contributed by atoms with Crippen molar-refractivity contribution in [3.05, 3.63) is 63.5 Å². The Morgan fingerprint density at radius 1 is 1.06 bits per heavy atom. The van der Waals surface area contributed by atoms with Gasteiger partial charge in [0, 0.05) is 41.5 Å². The van der Waals surface area contributed by atoms with Crippen molar-refractivity contribution in [2.75, 3.05) is 13.2 Å². The lowest BCUT2D eigenvalue weighted by Gasteiger charge is -2.48. The molecule has 194 valence electrons. The number of benzene rings is 1. The third-order valence-corrected chi connectivity index (χ3v) is 9.72. The van der Waals surface area contributed by atoms with E-state index in [1.54, 1.807) is 0 Å². The summed E-state index contributed by atoms with van der Waals surface area (Å²) in [7, 11) is 0. The largest absolute Gasteiger partial charge is 0.388 e. The average molecular weight is 490 g/mol. The van der Waals surface area contributed by atoms with Crippen molar-refractivity contribution in [3.63, 3.8) is 0 Å². The molecule has 4 heteroatoms. The van der Waals surface area contributed by atoms with Crippen LogP contribution in [0.1, 0.15) is 131 Å². The highest BCUT2D eigenvalue weighted by Gasteiger charge is 2.56. The minimum Gasteiger partial charge on any atom is -0.388 e. The molecule has 2 fully saturated rings. The topological polar surface area (TPSA) is 51.6 Å². The number of aliphatic hydroxyl groups is 1. The summed E-state index contributed by atoms with van der Waals surface area (Å²) in [4.78, 5) is 5.38. The molecular formula is C32H43NO3. The quantitative estimate of drug-likeness (QED) is 0.492. The molecule has 2 aromatic rings. The second-order valence-electron chi connectivity index (χ2n) is 13.5. The molecule has 1 saturated heterocycles. The van der Waals surface area contributed by atoms with Crippen molar-refractivity contribution < 1.29 is 14.6 Å². The van der Waals surface area contributed by atoms with Gasteiger partial charge in [-0.05, 0) is 59.1 Å². The van der Waals surface area contributed by atoms with Crippen molar-refractivity contribution in [1.82, 2.24) is 4.98 Å². The van der Waals surface area contributed by atoms with Crippen molar-refractivity contribution in [3.8, 4) is 0 Å². The number of hydrogen-bond donors (Lipinski definition) is 1. The lowest BCUT2D eigenvalue weighted by Crippen LogP contribution is -2.44. The Hall–Kier alpha value is -1.75. The SMILES string of the molecule is CC(C)c1nc2c(c3c1C(c1ccc(C(C)(C)C)cc1)OC31CCOCC1C)C(O)CC1(CCC1)C2. The molecule has 1 aromatic heterocycles. The van der Waals surface area contributed by atoms with Crippen LogP contribution in [0.25, 0.3) is 0 Å². The summed E-state index contributed by atoms with van der Waals surface area (Å²) in [6, 6.07) is 9.02. The number of nitrogens with zero attached hydrogens (tertiary/aromatic N) is 1. The summed E-state index contributed by atoms with van der Waals surface area (Å²) in [6.45, 7) is 14.9. The fourth-order valence-electron chi connectivity index (χ4n) is 7.47. The molecule has 2 spiro atoms. The molecule has 4 unspecified atom stereocenters. The molecule has 0 bridgehead atoms. The van der Waals surface area contributed by atoms with Gasteiger partial charge in [0.15, 0.2) is 0 Å². The minimum absolute atomic E-state index is 0.106. The maximum absolute atomic E-state index is 11.7. The van der Waals surface area contributed by atoms with E-state index in [2.05, 4.69) is 65.8 Å². The average Bonchev–Trinajstić information content (AvgIpc) is 3.14. The van der Waals surface area contributed by atoms with E-state index in [-0.39, 0.29) is 28.8 Å². The molecule has 1 N–H and O–H groups in total. The summed E-state index contributed by atoms with van der Waals surface area (Å²) in [5.74, 6) is 0.493. The second-order valence-corrected chi connectivity index (χ2v) is 13.5. The summed E-state index contributed by atoms with van der Waals surface area (Å²) >= 11 is 0. The van der Waals surface area contributed by atoms with Gasteiger partial charge in [-0.2, -0.15) is 0 Å². The second kappa shape index (κ2) is 8.38. The van der Waals surface area contributed by atoms with E-state index >= 15 is 0 Å². The Bertz CT molecular complexity index is 1160. The van der Waals surface area contributed by atoms with Gasteiger partial charge in [-0.15, -0.1) is 0 Å². The first-order chi connectivity index (χ1) is 17.0. The first kappa shape index (κ1) is 24.6. The molecule has 6 rings (SSSR count). The van der Waals surface area contributed by atoms with E-state index < -0.39 is 11.7 Å². The van der Waals surface area contributed by atoms with E-state index in [0.717, 1.165) is 36.2 Å². The molecule has 4 nitrogen and oxygen atoms in total. The summed E-state index contributed by atoms with van der Waals surface area (Å²) in [6.07, 6.45) is 5.76. The van der Waals surface area contributed by atoms with Gasteiger partial charge in [0.1, 0.15) is 11.7 Å². The lowest BCUT2D eigenvalue weighted by atomic mass is 9.58. The number of aliphatic hydroxyl groups excluding tert-OH is 1. The fraction of sp³-hybridized carbons (Fsp3) is 0.656. The Labute approximate surface area is 216 Å². The molecule has 1 saturated carbocycles. The van der Waals surface area contributed by atoms with Crippen molar-refractivity contribution in [2.24, 2.45) is 11.3 Å². The molecule has 36 heavy (non-hydrogen) atoms. The molecule has 2 aliphatic heterocycles. The summed E-state index contributed by atoms with van der Waals surface area (Å²) in [5.41, 5.74) is 8.30. The maximum atomic E-state index is 11.7. The van der Waals surface area contributed by atoms with Gasteiger partial charge in [0.25, 0.3) is 0 Å². The summed E-state index contributed by atoms with van der Waals surface area (Å²) in [5, 5.41) is 11.7. The molecule has 0 amide bonds. The first-order valence-corrected chi connectivity index (χ1v) is 14.2. The van der Waals surface area contributed by atoms with Crippen LogP contribution in [0, 0.1) is 11.3 Å². The number of ether oxygens (including phenoxy) is 2. The zero-order chi connectivity index (χ0) is 25.5. The van der Waals surface area contributed by atoms with Gasteiger partial charge in [0.05, 0.1) is 12.7 Å². The van der Waals surface area contributed by atoms with E-state index in [1.165, 1.54) is 41.5 Å². The Morgan fingerprint density at radius 3 is 2.36 bits per heavy atom. The molecule has 4 aliphatic rings. The van der Waals surface area contributed by atoms with Crippen molar-refractivity contribution >= 4 is 0 Å². The zero-order valence-corrected chi connectivity index (χ0v) is 23.0. The minimum atomic E-state index is -0.464. The van der Waals surface area contributed by atoms with Crippen LogP contribution < -0.4 is 0 Å². The van der Waals surface area contributed by atoms with Crippen LogP contribution in [0.2, 0.25) is 0 Å². The molecule has 4 atom stereocenters. The van der Waals surface area contributed by atoms with Gasteiger partial charge < -0.3 is 14.6 Å². The van der Waals surface area contributed by atoms with Crippen LogP contribution in [-0.2, 0) is 26.9 Å². The highest BCUT2D eigenvalue weighted by Crippen LogP contribution is 2.61. The Balaban J connectivity index is 1.57. The molecule has 0 radical (unpaired) electrons. The number of fused-ring (bicyclic) bond motifs is 4. The van der Waals surface area contributed by atoms with Crippen LogP contribution >= 0.6 is 0 Å². The smallest absolute Gasteiger partial charge is 0.111 e. The normalized spacial score (nSPS) is 30.9. The predicted molar refractivity (Wildman–Crippen MR) is 142 cm³/mol. The van der Waals surface area contributed by atoms with Crippen molar-refractivity contribution in [1.29, 1.82) is 0 Å². The van der Waals surface area contributed by atoms with Crippen LogP contribution in [0.3, 0.4) is 0 Å².